The summed E-state index contributed by atoms with van der Waals surface area (Å²) in [5, 5.41) is 4.87. The van der Waals surface area contributed by atoms with Gasteiger partial charge in [-0.25, -0.2) is 13.6 Å². The van der Waals surface area contributed by atoms with Gasteiger partial charge in [-0.05, 0) is 19.3 Å². The van der Waals surface area contributed by atoms with Crippen molar-refractivity contribution < 1.29 is 13.2 Å². The van der Waals surface area contributed by atoms with Gasteiger partial charge >= 0.3 is 0 Å². The standard InChI is InChI=1S/C8H15BrN2O3S/c9-7-3-1-4-11(8(7)12)5-2-6-15(10,13)14/h7H,1-6H2,(H2,10,13,14). The minimum atomic E-state index is -3.41. The van der Waals surface area contributed by atoms with Crippen molar-refractivity contribution in [1.29, 1.82) is 0 Å². The number of halogens is 1. The third-order valence-corrected chi connectivity index (χ3v) is 4.03. The van der Waals surface area contributed by atoms with Gasteiger partial charge in [0, 0.05) is 13.1 Å². The number of likely N-dealkylation sites (tertiary alicyclic amines) is 1. The average Bonchev–Trinajstić information content (AvgIpc) is 2.10. The average molecular weight is 299 g/mol. The van der Waals surface area contributed by atoms with Crippen LogP contribution >= 0.6 is 15.9 Å². The Morgan fingerprint density at radius 2 is 2.20 bits per heavy atom. The molecule has 7 heteroatoms. The fourth-order valence-electron chi connectivity index (χ4n) is 1.57. The third-order valence-electron chi connectivity index (χ3n) is 2.32. The van der Waals surface area contributed by atoms with Gasteiger partial charge in [0.1, 0.15) is 0 Å². The summed E-state index contributed by atoms with van der Waals surface area (Å²) in [7, 11) is -3.41. The van der Waals surface area contributed by atoms with Crippen LogP contribution in [0.2, 0.25) is 0 Å². The summed E-state index contributed by atoms with van der Waals surface area (Å²) in [6.45, 7) is 1.18. The summed E-state index contributed by atoms with van der Waals surface area (Å²) in [4.78, 5) is 13.2. The molecule has 1 unspecified atom stereocenters. The van der Waals surface area contributed by atoms with E-state index in [9.17, 15) is 13.2 Å². The molecule has 1 heterocycles. The highest BCUT2D eigenvalue weighted by Gasteiger charge is 2.25. The van der Waals surface area contributed by atoms with Crippen molar-refractivity contribution in [2.45, 2.75) is 24.1 Å². The Bertz CT molecular complexity index is 331. The van der Waals surface area contributed by atoms with Gasteiger partial charge < -0.3 is 4.90 Å². The zero-order valence-corrected chi connectivity index (χ0v) is 10.8. The van der Waals surface area contributed by atoms with Gasteiger partial charge in [-0.2, -0.15) is 0 Å². The first kappa shape index (κ1) is 12.9. The molecule has 0 aromatic rings. The Balaban J connectivity index is 2.35. The van der Waals surface area contributed by atoms with E-state index in [2.05, 4.69) is 15.9 Å². The second-order valence-electron chi connectivity index (χ2n) is 3.66. The molecule has 1 saturated heterocycles. The molecule has 0 saturated carbocycles. The number of piperidine rings is 1. The molecule has 1 atom stereocenters. The lowest BCUT2D eigenvalue weighted by atomic mass is 10.1. The zero-order chi connectivity index (χ0) is 11.5. The van der Waals surface area contributed by atoms with Crippen LogP contribution in [-0.4, -0.2) is 42.9 Å². The molecule has 1 aliphatic rings. The van der Waals surface area contributed by atoms with E-state index in [4.69, 9.17) is 5.14 Å². The van der Waals surface area contributed by atoms with Gasteiger partial charge in [-0.3, -0.25) is 4.79 Å². The van der Waals surface area contributed by atoms with Gasteiger partial charge in [0.25, 0.3) is 0 Å². The zero-order valence-electron chi connectivity index (χ0n) is 8.36. The molecule has 0 aromatic heterocycles. The molecule has 5 nitrogen and oxygen atoms in total. The van der Waals surface area contributed by atoms with Crippen LogP contribution in [-0.2, 0) is 14.8 Å². The number of carbonyl (C=O) groups is 1. The molecule has 1 aliphatic heterocycles. The number of sulfonamides is 1. The predicted octanol–water partition coefficient (Wildman–Crippen LogP) is 0.0509. The number of hydrogen-bond donors (Lipinski definition) is 1. The normalized spacial score (nSPS) is 23.2. The first-order chi connectivity index (χ1) is 6.90. The number of nitrogens with two attached hydrogens (primary N) is 1. The molecule has 1 fully saturated rings. The van der Waals surface area contributed by atoms with Crippen LogP contribution in [0.3, 0.4) is 0 Å². The van der Waals surface area contributed by atoms with Crippen LogP contribution in [0, 0.1) is 0 Å². The van der Waals surface area contributed by atoms with E-state index in [-0.39, 0.29) is 16.5 Å². The summed E-state index contributed by atoms with van der Waals surface area (Å²) in [6.07, 6.45) is 2.21. The van der Waals surface area contributed by atoms with Crippen molar-refractivity contribution in [3.05, 3.63) is 0 Å². The fraction of sp³-hybridized carbons (Fsp3) is 0.875. The van der Waals surface area contributed by atoms with E-state index in [0.29, 0.717) is 19.5 Å². The second kappa shape index (κ2) is 5.27. The van der Waals surface area contributed by atoms with Gasteiger partial charge in [0.05, 0.1) is 10.6 Å². The highest BCUT2D eigenvalue weighted by atomic mass is 79.9. The quantitative estimate of drug-likeness (QED) is 0.745. The maximum Gasteiger partial charge on any atom is 0.236 e. The maximum atomic E-state index is 11.6. The topological polar surface area (TPSA) is 80.5 Å². The van der Waals surface area contributed by atoms with E-state index < -0.39 is 10.0 Å². The molecule has 0 radical (unpaired) electrons. The Labute approximate surface area is 98.2 Å². The van der Waals surface area contributed by atoms with Crippen LogP contribution in [0.15, 0.2) is 0 Å². The number of primary sulfonamides is 1. The smallest absolute Gasteiger partial charge is 0.236 e. The van der Waals surface area contributed by atoms with Gasteiger partial charge in [-0.1, -0.05) is 15.9 Å². The Kier molecular flexibility index (Phi) is 4.54. The third kappa shape index (κ3) is 4.48. The molecule has 0 bridgehead atoms. The first-order valence-corrected chi connectivity index (χ1v) is 7.46. The minimum absolute atomic E-state index is 0.0515. The molecule has 15 heavy (non-hydrogen) atoms. The number of hydrogen-bond acceptors (Lipinski definition) is 3. The molecule has 1 rings (SSSR count). The lowest BCUT2D eigenvalue weighted by Crippen LogP contribution is -2.42. The van der Waals surface area contributed by atoms with E-state index in [1.54, 1.807) is 4.90 Å². The molecule has 88 valence electrons. The summed E-state index contributed by atoms with van der Waals surface area (Å²) in [5.74, 6) is -0.0142. The summed E-state index contributed by atoms with van der Waals surface area (Å²) in [5.41, 5.74) is 0. The minimum Gasteiger partial charge on any atom is -0.342 e. The lowest BCUT2D eigenvalue weighted by Gasteiger charge is -2.29. The Morgan fingerprint density at radius 3 is 2.80 bits per heavy atom. The molecule has 2 N–H and O–H groups in total. The van der Waals surface area contributed by atoms with E-state index in [1.165, 1.54) is 0 Å². The van der Waals surface area contributed by atoms with Crippen LogP contribution in [0.25, 0.3) is 0 Å². The van der Waals surface area contributed by atoms with Gasteiger partial charge in [0.2, 0.25) is 15.9 Å². The lowest BCUT2D eigenvalue weighted by molar-refractivity contribution is -0.132. The van der Waals surface area contributed by atoms with Gasteiger partial charge in [0.15, 0.2) is 0 Å². The van der Waals surface area contributed by atoms with Crippen molar-refractivity contribution in [3.63, 3.8) is 0 Å². The first-order valence-electron chi connectivity index (χ1n) is 4.83. The SMILES string of the molecule is NS(=O)(=O)CCCN1CCCC(Br)C1=O. The van der Waals surface area contributed by atoms with Crippen LogP contribution in [0.4, 0.5) is 0 Å². The Hall–Kier alpha value is -0.140. The monoisotopic (exact) mass is 298 g/mol. The molecular formula is C8H15BrN2O3S. The number of amides is 1. The van der Waals surface area contributed by atoms with Crippen molar-refractivity contribution >= 4 is 31.9 Å². The largest absolute Gasteiger partial charge is 0.342 e. The molecular weight excluding hydrogens is 284 g/mol. The van der Waals surface area contributed by atoms with Crippen LogP contribution < -0.4 is 5.14 Å². The summed E-state index contributed by atoms with van der Waals surface area (Å²) < 4.78 is 21.4. The maximum absolute atomic E-state index is 11.6. The molecule has 0 spiro atoms. The van der Waals surface area contributed by atoms with E-state index >= 15 is 0 Å². The van der Waals surface area contributed by atoms with Crippen molar-refractivity contribution in [3.8, 4) is 0 Å². The molecule has 0 aromatic carbocycles. The molecule has 1 amide bonds. The number of carbonyl (C=O) groups excluding carboxylic acids is 1. The fourth-order valence-corrected chi connectivity index (χ4v) is 2.72. The Morgan fingerprint density at radius 1 is 1.53 bits per heavy atom. The van der Waals surface area contributed by atoms with E-state index in [0.717, 1.165) is 12.8 Å². The predicted molar refractivity (Wildman–Crippen MR) is 61.1 cm³/mol. The van der Waals surface area contributed by atoms with Crippen molar-refractivity contribution in [2.24, 2.45) is 5.14 Å². The van der Waals surface area contributed by atoms with Crippen molar-refractivity contribution in [1.82, 2.24) is 4.90 Å². The van der Waals surface area contributed by atoms with E-state index in [1.807, 2.05) is 0 Å². The summed E-state index contributed by atoms with van der Waals surface area (Å²) >= 11 is 3.29. The highest BCUT2D eigenvalue weighted by molar-refractivity contribution is 9.10. The number of nitrogens with zero attached hydrogens (tertiary/aromatic N) is 1. The number of rotatable bonds is 4. The second-order valence-corrected chi connectivity index (χ2v) is 6.49. The number of alkyl halides is 1. The molecule has 0 aliphatic carbocycles. The summed E-state index contributed by atoms with van der Waals surface area (Å²) in [6, 6.07) is 0. The van der Waals surface area contributed by atoms with Gasteiger partial charge in [-0.15, -0.1) is 0 Å². The van der Waals surface area contributed by atoms with Crippen LogP contribution in [0.1, 0.15) is 19.3 Å². The highest BCUT2D eigenvalue weighted by Crippen LogP contribution is 2.18. The van der Waals surface area contributed by atoms with Crippen molar-refractivity contribution in [2.75, 3.05) is 18.8 Å². The van der Waals surface area contributed by atoms with Crippen LogP contribution in [0.5, 0.6) is 0 Å².